The molecule has 2 aromatic rings. The maximum atomic E-state index is 13.9. The molecular formula is C22H16BrCl2N3O3. The lowest BCUT2D eigenvalue weighted by Gasteiger charge is -2.36. The Labute approximate surface area is 196 Å². The van der Waals surface area contributed by atoms with Crippen molar-refractivity contribution in [2.45, 2.75) is 24.4 Å². The van der Waals surface area contributed by atoms with Crippen LogP contribution in [0.25, 0.3) is 0 Å². The molecule has 1 N–H and O–H groups in total. The van der Waals surface area contributed by atoms with Crippen molar-refractivity contribution >= 4 is 68.2 Å². The van der Waals surface area contributed by atoms with Crippen molar-refractivity contribution in [1.82, 2.24) is 4.90 Å². The summed E-state index contributed by atoms with van der Waals surface area (Å²) in [6.07, 6.45) is 1.63. The van der Waals surface area contributed by atoms with Gasteiger partial charge in [-0.2, -0.15) is 0 Å². The van der Waals surface area contributed by atoms with Crippen molar-refractivity contribution in [1.29, 1.82) is 0 Å². The molecule has 3 saturated heterocycles. The van der Waals surface area contributed by atoms with Gasteiger partial charge >= 0.3 is 0 Å². The molecule has 3 amide bonds. The van der Waals surface area contributed by atoms with Crippen molar-refractivity contribution in [2.24, 2.45) is 11.8 Å². The highest BCUT2D eigenvalue weighted by Gasteiger charge is 2.74. The van der Waals surface area contributed by atoms with Crippen LogP contribution in [-0.2, 0) is 19.9 Å². The molecule has 0 aliphatic carbocycles. The van der Waals surface area contributed by atoms with E-state index in [4.69, 9.17) is 23.2 Å². The zero-order valence-electron chi connectivity index (χ0n) is 16.1. The SMILES string of the molecule is O=C1[C@H]2[C@@H](C(=O)N1c1cc(Cl)ccc1Cl)[C@@]1(C(=O)Nc3ccc(Br)cc31)N1CCC[C@@H]21. The molecule has 0 bridgehead atoms. The van der Waals surface area contributed by atoms with Gasteiger partial charge in [0.2, 0.25) is 17.7 Å². The third-order valence-corrected chi connectivity index (χ3v) is 8.15. The summed E-state index contributed by atoms with van der Waals surface area (Å²) in [4.78, 5) is 44.3. The van der Waals surface area contributed by atoms with Crippen molar-refractivity contribution < 1.29 is 14.4 Å². The predicted molar refractivity (Wildman–Crippen MR) is 120 cm³/mol. The van der Waals surface area contributed by atoms with Gasteiger partial charge in [0, 0.05) is 26.8 Å². The van der Waals surface area contributed by atoms with Crippen LogP contribution in [0.15, 0.2) is 40.9 Å². The van der Waals surface area contributed by atoms with Crippen LogP contribution in [-0.4, -0.2) is 35.2 Å². The second-order valence-electron chi connectivity index (χ2n) is 8.42. The van der Waals surface area contributed by atoms with E-state index >= 15 is 0 Å². The molecule has 4 aliphatic heterocycles. The Hall–Kier alpha value is -1.93. The molecular weight excluding hydrogens is 505 g/mol. The second-order valence-corrected chi connectivity index (χ2v) is 10.2. The monoisotopic (exact) mass is 519 g/mol. The van der Waals surface area contributed by atoms with E-state index in [2.05, 4.69) is 26.1 Å². The number of nitrogens with zero attached hydrogens (tertiary/aromatic N) is 2. The third-order valence-electron chi connectivity index (χ3n) is 7.10. The van der Waals surface area contributed by atoms with Gasteiger partial charge in [0.05, 0.1) is 22.5 Å². The van der Waals surface area contributed by atoms with Gasteiger partial charge in [0.1, 0.15) is 5.54 Å². The number of hydrogen-bond acceptors (Lipinski definition) is 4. The van der Waals surface area contributed by atoms with Crippen LogP contribution in [0.4, 0.5) is 11.4 Å². The first-order valence-electron chi connectivity index (χ1n) is 10.1. The van der Waals surface area contributed by atoms with Gasteiger partial charge in [-0.15, -0.1) is 0 Å². The van der Waals surface area contributed by atoms with E-state index in [0.717, 1.165) is 27.8 Å². The first-order valence-corrected chi connectivity index (χ1v) is 11.6. The number of anilines is 2. The van der Waals surface area contributed by atoms with E-state index in [-0.39, 0.29) is 28.6 Å². The molecule has 4 heterocycles. The first-order chi connectivity index (χ1) is 14.9. The fourth-order valence-corrected chi connectivity index (χ4v) is 6.80. The van der Waals surface area contributed by atoms with E-state index in [9.17, 15) is 14.4 Å². The number of imide groups is 1. The molecule has 9 heteroatoms. The number of hydrogen-bond donors (Lipinski definition) is 1. The molecule has 6 rings (SSSR count). The van der Waals surface area contributed by atoms with Crippen molar-refractivity contribution in [3.63, 3.8) is 0 Å². The minimum Gasteiger partial charge on any atom is -0.324 e. The van der Waals surface area contributed by atoms with Crippen molar-refractivity contribution in [3.05, 3.63) is 56.5 Å². The van der Waals surface area contributed by atoms with E-state index < -0.39 is 23.3 Å². The smallest absolute Gasteiger partial charge is 0.250 e. The maximum Gasteiger partial charge on any atom is 0.250 e. The summed E-state index contributed by atoms with van der Waals surface area (Å²) in [5.74, 6) is -2.41. The zero-order valence-corrected chi connectivity index (χ0v) is 19.2. The van der Waals surface area contributed by atoms with Crippen LogP contribution in [0, 0.1) is 11.8 Å². The number of carbonyl (C=O) groups is 3. The summed E-state index contributed by atoms with van der Waals surface area (Å²) in [7, 11) is 0. The average molecular weight is 521 g/mol. The van der Waals surface area contributed by atoms with Crippen LogP contribution >= 0.6 is 39.1 Å². The topological polar surface area (TPSA) is 69.7 Å². The molecule has 0 saturated carbocycles. The standard InChI is InChI=1S/C22H16BrCl2N3O3/c23-10-3-6-14-12(8-10)22(21(31)26-14)18-17(15-2-1-7-27(15)22)19(29)28(20(18)30)16-9-11(24)4-5-13(16)25/h3-6,8-9,15,17-18H,1-2,7H2,(H,26,31)/t15-,17+,18-,22-/m0/s1. The summed E-state index contributed by atoms with van der Waals surface area (Å²) in [6, 6.07) is 10.1. The van der Waals surface area contributed by atoms with Gasteiger partial charge in [0.15, 0.2) is 0 Å². The summed E-state index contributed by atoms with van der Waals surface area (Å²) >= 11 is 16.0. The van der Waals surface area contributed by atoms with Crippen LogP contribution in [0.2, 0.25) is 10.0 Å². The number of fused-ring (bicyclic) bond motifs is 7. The molecule has 4 atom stereocenters. The van der Waals surface area contributed by atoms with E-state index in [0.29, 0.717) is 17.3 Å². The molecule has 6 nitrogen and oxygen atoms in total. The number of amides is 3. The average Bonchev–Trinajstić information content (AvgIpc) is 3.43. The first kappa shape index (κ1) is 19.7. The van der Waals surface area contributed by atoms with Gasteiger partial charge in [-0.25, -0.2) is 4.90 Å². The van der Waals surface area contributed by atoms with Crippen LogP contribution in [0.5, 0.6) is 0 Å². The van der Waals surface area contributed by atoms with Crippen molar-refractivity contribution in [3.8, 4) is 0 Å². The lowest BCUT2D eigenvalue weighted by atomic mass is 9.75. The zero-order chi connectivity index (χ0) is 21.7. The Bertz CT molecular complexity index is 1200. The van der Waals surface area contributed by atoms with Gasteiger partial charge < -0.3 is 5.32 Å². The minimum absolute atomic E-state index is 0.180. The highest BCUT2D eigenvalue weighted by molar-refractivity contribution is 9.10. The van der Waals surface area contributed by atoms with Gasteiger partial charge in [0.25, 0.3) is 0 Å². The highest BCUT2D eigenvalue weighted by atomic mass is 79.9. The molecule has 3 fully saturated rings. The molecule has 0 unspecified atom stereocenters. The molecule has 2 aromatic carbocycles. The Morgan fingerprint density at radius 3 is 2.68 bits per heavy atom. The number of carbonyl (C=O) groups excluding carboxylic acids is 3. The molecule has 0 aromatic heterocycles. The lowest BCUT2D eigenvalue weighted by Crippen LogP contribution is -2.54. The summed E-state index contributed by atoms with van der Waals surface area (Å²) in [6.45, 7) is 0.662. The minimum atomic E-state index is -1.21. The summed E-state index contributed by atoms with van der Waals surface area (Å²) in [5.41, 5.74) is 0.480. The molecule has 1 spiro atoms. The quantitative estimate of drug-likeness (QED) is 0.572. The van der Waals surface area contributed by atoms with Gasteiger partial charge in [-0.3, -0.25) is 19.3 Å². The normalized spacial score (nSPS) is 31.4. The lowest BCUT2D eigenvalue weighted by molar-refractivity contribution is -0.135. The Kier molecular flexibility index (Phi) is 4.16. The second kappa shape index (κ2) is 6.54. The Balaban J connectivity index is 1.58. The fourth-order valence-electron chi connectivity index (χ4n) is 6.07. The third kappa shape index (κ3) is 2.35. The van der Waals surface area contributed by atoms with Crippen LogP contribution in [0.1, 0.15) is 18.4 Å². The predicted octanol–water partition coefficient (Wildman–Crippen LogP) is 4.19. The number of benzene rings is 2. The fraction of sp³-hybridized carbons (Fsp3) is 0.318. The number of rotatable bonds is 1. The van der Waals surface area contributed by atoms with Crippen LogP contribution < -0.4 is 10.2 Å². The molecule has 31 heavy (non-hydrogen) atoms. The van der Waals surface area contributed by atoms with E-state index in [1.807, 2.05) is 18.2 Å². The Morgan fingerprint density at radius 1 is 1.06 bits per heavy atom. The number of halogens is 3. The van der Waals surface area contributed by atoms with Gasteiger partial charge in [-0.1, -0.05) is 39.1 Å². The molecule has 0 radical (unpaired) electrons. The van der Waals surface area contributed by atoms with E-state index in [1.54, 1.807) is 12.1 Å². The van der Waals surface area contributed by atoms with E-state index in [1.165, 1.54) is 6.07 Å². The van der Waals surface area contributed by atoms with Crippen molar-refractivity contribution in [2.75, 3.05) is 16.8 Å². The molecule has 158 valence electrons. The maximum absolute atomic E-state index is 13.9. The summed E-state index contributed by atoms with van der Waals surface area (Å²) < 4.78 is 0.813. The largest absolute Gasteiger partial charge is 0.324 e. The van der Waals surface area contributed by atoms with Crippen LogP contribution in [0.3, 0.4) is 0 Å². The Morgan fingerprint density at radius 2 is 1.87 bits per heavy atom. The summed E-state index contributed by atoms with van der Waals surface area (Å²) in [5, 5.41) is 3.61. The molecule has 4 aliphatic rings. The highest BCUT2D eigenvalue weighted by Crippen LogP contribution is 2.61. The number of nitrogens with one attached hydrogen (secondary N) is 1. The van der Waals surface area contributed by atoms with Gasteiger partial charge in [-0.05, 0) is 55.8 Å².